The Morgan fingerprint density at radius 1 is 1.32 bits per heavy atom. The molecule has 1 N–H and O–H groups in total. The highest BCUT2D eigenvalue weighted by Crippen LogP contribution is 2.33. The molecule has 100 valence electrons. The van der Waals surface area contributed by atoms with Gasteiger partial charge in [-0.2, -0.15) is 0 Å². The summed E-state index contributed by atoms with van der Waals surface area (Å²) in [5.41, 5.74) is 1.51. The van der Waals surface area contributed by atoms with Gasteiger partial charge in [0.05, 0.1) is 18.2 Å². The summed E-state index contributed by atoms with van der Waals surface area (Å²) in [7, 11) is 3.34. The first-order chi connectivity index (χ1) is 9.17. The number of hydrogen-bond acceptors (Lipinski definition) is 3. The standard InChI is InChI=1S/C14H14ClFN2O/c1-17-14(10-5-6-18-8-12(10)15)11-7-9(16)3-4-13(11)19-2/h3-8,14,17H,1-2H3. The molecule has 0 aliphatic rings. The summed E-state index contributed by atoms with van der Waals surface area (Å²) in [6.45, 7) is 0. The highest BCUT2D eigenvalue weighted by Gasteiger charge is 2.19. The first-order valence-electron chi connectivity index (χ1n) is 5.77. The number of halogens is 2. The molecule has 2 aromatic rings. The van der Waals surface area contributed by atoms with Crippen LogP contribution in [0.2, 0.25) is 5.02 Å². The molecule has 0 fully saturated rings. The van der Waals surface area contributed by atoms with Crippen LogP contribution in [0.15, 0.2) is 36.7 Å². The average molecular weight is 281 g/mol. The van der Waals surface area contributed by atoms with Crippen LogP contribution in [0, 0.1) is 5.82 Å². The Labute approximate surface area is 116 Å². The number of methoxy groups -OCH3 is 1. The Bertz CT molecular complexity index is 577. The quantitative estimate of drug-likeness (QED) is 0.934. The van der Waals surface area contributed by atoms with Crippen molar-refractivity contribution in [2.24, 2.45) is 0 Å². The van der Waals surface area contributed by atoms with Crippen molar-refractivity contribution in [2.75, 3.05) is 14.2 Å². The molecule has 0 radical (unpaired) electrons. The third-order valence-electron chi connectivity index (χ3n) is 2.91. The Morgan fingerprint density at radius 3 is 2.74 bits per heavy atom. The Hall–Kier alpha value is -1.65. The first-order valence-corrected chi connectivity index (χ1v) is 6.15. The molecule has 0 bridgehead atoms. The molecule has 0 amide bonds. The Kier molecular flexibility index (Phi) is 4.35. The minimum absolute atomic E-state index is 0.263. The van der Waals surface area contributed by atoms with E-state index in [1.165, 1.54) is 12.1 Å². The zero-order valence-corrected chi connectivity index (χ0v) is 11.4. The number of nitrogens with one attached hydrogen (secondary N) is 1. The van der Waals surface area contributed by atoms with Gasteiger partial charge in [-0.15, -0.1) is 0 Å². The van der Waals surface area contributed by atoms with Gasteiger partial charge in [-0.05, 0) is 36.9 Å². The van der Waals surface area contributed by atoms with E-state index in [2.05, 4.69) is 10.3 Å². The average Bonchev–Trinajstić information content (AvgIpc) is 2.42. The lowest BCUT2D eigenvalue weighted by Gasteiger charge is -2.20. The minimum Gasteiger partial charge on any atom is -0.496 e. The lowest BCUT2D eigenvalue weighted by Crippen LogP contribution is -2.19. The minimum atomic E-state index is -0.318. The van der Waals surface area contributed by atoms with Crippen molar-refractivity contribution >= 4 is 11.6 Å². The number of rotatable bonds is 4. The number of aromatic nitrogens is 1. The SMILES string of the molecule is CNC(c1ccncc1Cl)c1cc(F)ccc1OC. The van der Waals surface area contributed by atoms with Crippen molar-refractivity contribution in [2.45, 2.75) is 6.04 Å². The monoisotopic (exact) mass is 280 g/mol. The van der Waals surface area contributed by atoms with Crippen LogP contribution in [0.4, 0.5) is 4.39 Å². The fourth-order valence-electron chi connectivity index (χ4n) is 2.03. The third-order valence-corrected chi connectivity index (χ3v) is 3.22. The zero-order valence-electron chi connectivity index (χ0n) is 10.7. The molecule has 1 unspecified atom stereocenters. The van der Waals surface area contributed by atoms with Crippen LogP contribution in [0.5, 0.6) is 5.75 Å². The van der Waals surface area contributed by atoms with Crippen molar-refractivity contribution in [3.05, 3.63) is 58.6 Å². The molecule has 1 heterocycles. The summed E-state index contributed by atoms with van der Waals surface area (Å²) in [5, 5.41) is 3.64. The van der Waals surface area contributed by atoms with Gasteiger partial charge in [0.2, 0.25) is 0 Å². The van der Waals surface area contributed by atoms with Crippen molar-refractivity contribution in [1.82, 2.24) is 10.3 Å². The summed E-state index contributed by atoms with van der Waals surface area (Å²) in [6.07, 6.45) is 3.21. The molecule has 19 heavy (non-hydrogen) atoms. The first kappa shape index (κ1) is 13.8. The lowest BCUT2D eigenvalue weighted by molar-refractivity contribution is 0.404. The molecule has 2 rings (SSSR count). The molecule has 0 aliphatic heterocycles. The molecule has 5 heteroatoms. The topological polar surface area (TPSA) is 34.2 Å². The second kappa shape index (κ2) is 5.99. The molecule has 1 aromatic carbocycles. The van der Waals surface area contributed by atoms with Crippen molar-refractivity contribution < 1.29 is 9.13 Å². The second-order valence-corrected chi connectivity index (χ2v) is 4.41. The summed E-state index contributed by atoms with van der Waals surface area (Å²) >= 11 is 6.15. The number of benzene rings is 1. The van der Waals surface area contributed by atoms with E-state index >= 15 is 0 Å². The van der Waals surface area contributed by atoms with E-state index in [4.69, 9.17) is 16.3 Å². The Balaban J connectivity index is 2.54. The molecular formula is C14H14ClFN2O. The summed E-state index contributed by atoms with van der Waals surface area (Å²) < 4.78 is 18.7. The van der Waals surface area contributed by atoms with Gasteiger partial charge in [0.15, 0.2) is 0 Å². The van der Waals surface area contributed by atoms with E-state index in [1.807, 2.05) is 0 Å². The van der Waals surface area contributed by atoms with Crippen LogP contribution in [-0.4, -0.2) is 19.1 Å². The fourth-order valence-corrected chi connectivity index (χ4v) is 2.26. The smallest absolute Gasteiger partial charge is 0.124 e. The van der Waals surface area contributed by atoms with Crippen LogP contribution in [0.1, 0.15) is 17.2 Å². The summed E-state index contributed by atoms with van der Waals surface area (Å²) in [4.78, 5) is 3.95. The van der Waals surface area contributed by atoms with Crippen molar-refractivity contribution in [3.63, 3.8) is 0 Å². The highest BCUT2D eigenvalue weighted by atomic mass is 35.5. The second-order valence-electron chi connectivity index (χ2n) is 4.01. The molecule has 0 saturated carbocycles. The van der Waals surface area contributed by atoms with Gasteiger partial charge in [-0.3, -0.25) is 4.98 Å². The van der Waals surface area contributed by atoms with E-state index < -0.39 is 0 Å². The molecule has 0 saturated heterocycles. The van der Waals surface area contributed by atoms with E-state index in [0.29, 0.717) is 16.3 Å². The maximum atomic E-state index is 13.5. The van der Waals surface area contributed by atoms with Crippen molar-refractivity contribution in [1.29, 1.82) is 0 Å². The van der Waals surface area contributed by atoms with Gasteiger partial charge >= 0.3 is 0 Å². The summed E-state index contributed by atoms with van der Waals surface area (Å²) in [6, 6.07) is 5.94. The molecular weight excluding hydrogens is 267 g/mol. The number of nitrogens with zero attached hydrogens (tertiary/aromatic N) is 1. The van der Waals surface area contributed by atoms with E-state index in [1.54, 1.807) is 38.7 Å². The van der Waals surface area contributed by atoms with Crippen LogP contribution in [-0.2, 0) is 0 Å². The maximum Gasteiger partial charge on any atom is 0.124 e. The maximum absolute atomic E-state index is 13.5. The van der Waals surface area contributed by atoms with E-state index in [-0.39, 0.29) is 11.9 Å². The van der Waals surface area contributed by atoms with Gasteiger partial charge in [-0.25, -0.2) is 4.39 Å². The predicted molar refractivity (Wildman–Crippen MR) is 73.1 cm³/mol. The number of hydrogen-bond donors (Lipinski definition) is 1. The predicted octanol–water partition coefficient (Wildman–Crippen LogP) is 3.19. The number of pyridine rings is 1. The van der Waals surface area contributed by atoms with Gasteiger partial charge in [0.1, 0.15) is 11.6 Å². The number of ether oxygens (including phenoxy) is 1. The molecule has 1 aromatic heterocycles. The fraction of sp³-hybridized carbons (Fsp3) is 0.214. The van der Waals surface area contributed by atoms with Gasteiger partial charge < -0.3 is 10.1 Å². The van der Waals surface area contributed by atoms with Crippen LogP contribution < -0.4 is 10.1 Å². The van der Waals surface area contributed by atoms with Crippen LogP contribution >= 0.6 is 11.6 Å². The van der Waals surface area contributed by atoms with Crippen molar-refractivity contribution in [3.8, 4) is 5.75 Å². The molecule has 3 nitrogen and oxygen atoms in total. The highest BCUT2D eigenvalue weighted by molar-refractivity contribution is 6.31. The zero-order chi connectivity index (χ0) is 13.8. The molecule has 0 spiro atoms. The largest absolute Gasteiger partial charge is 0.496 e. The van der Waals surface area contributed by atoms with Gasteiger partial charge in [0.25, 0.3) is 0 Å². The summed E-state index contributed by atoms with van der Waals surface area (Å²) in [5.74, 6) is 0.287. The Morgan fingerprint density at radius 2 is 2.11 bits per heavy atom. The molecule has 0 aliphatic carbocycles. The van der Waals surface area contributed by atoms with E-state index in [0.717, 1.165) is 5.56 Å². The normalized spacial score (nSPS) is 12.2. The lowest BCUT2D eigenvalue weighted by atomic mass is 9.98. The third kappa shape index (κ3) is 2.85. The van der Waals surface area contributed by atoms with Gasteiger partial charge in [0, 0.05) is 18.0 Å². The van der Waals surface area contributed by atoms with Crippen LogP contribution in [0.3, 0.4) is 0 Å². The van der Waals surface area contributed by atoms with E-state index in [9.17, 15) is 4.39 Å². The molecule has 1 atom stereocenters. The van der Waals surface area contributed by atoms with Gasteiger partial charge in [-0.1, -0.05) is 11.6 Å². The van der Waals surface area contributed by atoms with Crippen LogP contribution in [0.25, 0.3) is 0 Å².